The third-order valence-electron chi connectivity index (χ3n) is 3.80. The third-order valence-corrected chi connectivity index (χ3v) is 4.46. The van der Waals surface area contributed by atoms with E-state index in [9.17, 15) is 5.11 Å². The minimum Gasteiger partial charge on any atom is -0.494 e. The number of fused-ring (bicyclic) bond motifs is 2. The van der Waals surface area contributed by atoms with Crippen LogP contribution < -0.4 is 0 Å². The molecule has 0 atom stereocenters. The fraction of sp³-hybridized carbons (Fsp3) is 0.0588. The molecule has 6 heteroatoms. The fourth-order valence-corrected chi connectivity index (χ4v) is 3.30. The summed E-state index contributed by atoms with van der Waals surface area (Å²) in [4.78, 5) is 12.6. The van der Waals surface area contributed by atoms with Gasteiger partial charge in [-0.1, -0.05) is 35.5 Å². The number of nitrogens with one attached hydrogen (secondary N) is 1. The number of oxime groups is 1. The molecule has 3 aromatic rings. The second-order valence-corrected chi connectivity index (χ2v) is 5.97. The molecular formula is C17H12BrN3O2. The highest BCUT2D eigenvalue weighted by molar-refractivity contribution is 9.10. The number of aromatic nitrogens is 1. The fourth-order valence-electron chi connectivity index (χ4n) is 2.84. The van der Waals surface area contributed by atoms with Crippen LogP contribution in [0.5, 0.6) is 5.88 Å². The van der Waals surface area contributed by atoms with Crippen LogP contribution in [0.4, 0.5) is 5.69 Å². The Bertz CT molecular complexity index is 989. The molecule has 4 rings (SSSR count). The first-order valence-corrected chi connectivity index (χ1v) is 7.79. The molecule has 0 aliphatic carbocycles. The lowest BCUT2D eigenvalue weighted by Crippen LogP contribution is -2.13. The Hall–Kier alpha value is -2.60. The van der Waals surface area contributed by atoms with Crippen LogP contribution in [0.1, 0.15) is 11.1 Å². The summed E-state index contributed by atoms with van der Waals surface area (Å²) in [5, 5.41) is 15.4. The summed E-state index contributed by atoms with van der Waals surface area (Å²) in [6.07, 6.45) is 0. The molecule has 114 valence electrons. The van der Waals surface area contributed by atoms with E-state index in [2.05, 4.69) is 31.1 Å². The number of nitrogens with zero attached hydrogens (tertiary/aromatic N) is 2. The number of aromatic amines is 1. The second-order valence-electron chi connectivity index (χ2n) is 5.11. The number of aromatic hydroxyl groups is 1. The summed E-state index contributed by atoms with van der Waals surface area (Å²) < 4.78 is 0.873. The molecule has 0 fully saturated rings. The van der Waals surface area contributed by atoms with Crippen LogP contribution in [-0.2, 0) is 4.84 Å². The molecule has 0 radical (unpaired) electrons. The van der Waals surface area contributed by atoms with Crippen LogP contribution in [0, 0.1) is 0 Å². The van der Waals surface area contributed by atoms with Gasteiger partial charge >= 0.3 is 0 Å². The van der Waals surface area contributed by atoms with E-state index in [0.717, 1.165) is 26.6 Å². The summed E-state index contributed by atoms with van der Waals surface area (Å²) in [6, 6.07) is 13.5. The Morgan fingerprint density at radius 2 is 2.00 bits per heavy atom. The second kappa shape index (κ2) is 5.24. The van der Waals surface area contributed by atoms with Gasteiger partial charge in [0.15, 0.2) is 5.88 Å². The van der Waals surface area contributed by atoms with E-state index in [0.29, 0.717) is 17.0 Å². The largest absolute Gasteiger partial charge is 0.494 e. The van der Waals surface area contributed by atoms with Crippen molar-refractivity contribution in [1.82, 2.24) is 4.98 Å². The van der Waals surface area contributed by atoms with Gasteiger partial charge in [-0.2, -0.15) is 0 Å². The lowest BCUT2D eigenvalue weighted by Gasteiger charge is -2.03. The lowest BCUT2D eigenvalue weighted by atomic mass is 10.0. The molecule has 2 heterocycles. The van der Waals surface area contributed by atoms with Gasteiger partial charge in [0.25, 0.3) is 0 Å². The summed E-state index contributed by atoms with van der Waals surface area (Å²) in [5.74, 6) is 0.0576. The van der Waals surface area contributed by atoms with Crippen molar-refractivity contribution in [2.24, 2.45) is 10.1 Å². The van der Waals surface area contributed by atoms with E-state index < -0.39 is 0 Å². The quantitative estimate of drug-likeness (QED) is 0.667. The summed E-state index contributed by atoms with van der Waals surface area (Å²) in [6.45, 7) is 0. The van der Waals surface area contributed by atoms with E-state index >= 15 is 0 Å². The maximum atomic E-state index is 10.4. The number of aliphatic imine (C=N–C) groups is 1. The van der Waals surface area contributed by atoms with E-state index in [1.807, 2.05) is 42.5 Å². The van der Waals surface area contributed by atoms with Crippen LogP contribution in [0.15, 0.2) is 57.1 Å². The van der Waals surface area contributed by atoms with Crippen molar-refractivity contribution in [3.05, 3.63) is 58.1 Å². The predicted molar refractivity (Wildman–Crippen MR) is 93.8 cm³/mol. The SMILES string of the molecule is CON=C1C(c2c(O)[nH]c3c(Br)cccc23)=Nc2ccccc21. The molecule has 1 aliphatic heterocycles. The average Bonchev–Trinajstić information content (AvgIpc) is 3.06. The van der Waals surface area contributed by atoms with Gasteiger partial charge in [0.05, 0.1) is 16.8 Å². The number of hydrogen-bond acceptors (Lipinski definition) is 4. The van der Waals surface area contributed by atoms with Crippen molar-refractivity contribution in [3.8, 4) is 5.88 Å². The van der Waals surface area contributed by atoms with Crippen molar-refractivity contribution in [1.29, 1.82) is 0 Å². The Kier molecular flexibility index (Phi) is 3.20. The van der Waals surface area contributed by atoms with Gasteiger partial charge in [-0.25, -0.2) is 4.99 Å². The highest BCUT2D eigenvalue weighted by Gasteiger charge is 2.29. The molecule has 0 saturated heterocycles. The van der Waals surface area contributed by atoms with Gasteiger partial charge < -0.3 is 14.9 Å². The molecule has 0 saturated carbocycles. The molecule has 0 bridgehead atoms. The molecule has 0 amide bonds. The van der Waals surface area contributed by atoms with Crippen LogP contribution in [-0.4, -0.2) is 28.6 Å². The Balaban J connectivity index is 2.00. The van der Waals surface area contributed by atoms with E-state index in [1.54, 1.807) is 0 Å². The molecule has 2 N–H and O–H groups in total. The molecule has 2 aromatic carbocycles. The first-order chi connectivity index (χ1) is 11.2. The minimum absolute atomic E-state index is 0.0576. The zero-order chi connectivity index (χ0) is 16.0. The van der Waals surface area contributed by atoms with Crippen LogP contribution in [0.3, 0.4) is 0 Å². The number of H-pyrrole nitrogens is 1. The van der Waals surface area contributed by atoms with Gasteiger partial charge in [-0.05, 0) is 28.1 Å². The zero-order valence-electron chi connectivity index (χ0n) is 12.2. The third kappa shape index (κ3) is 2.06. The average molecular weight is 370 g/mol. The molecule has 1 aromatic heterocycles. The number of hydrogen-bond donors (Lipinski definition) is 2. The van der Waals surface area contributed by atoms with Crippen LogP contribution >= 0.6 is 15.9 Å². The van der Waals surface area contributed by atoms with Crippen molar-refractivity contribution in [3.63, 3.8) is 0 Å². The molecule has 5 nitrogen and oxygen atoms in total. The zero-order valence-corrected chi connectivity index (χ0v) is 13.8. The van der Waals surface area contributed by atoms with E-state index in [1.165, 1.54) is 7.11 Å². The van der Waals surface area contributed by atoms with Crippen LogP contribution in [0.2, 0.25) is 0 Å². The topological polar surface area (TPSA) is 70.0 Å². The smallest absolute Gasteiger partial charge is 0.199 e. The Morgan fingerprint density at radius 3 is 2.83 bits per heavy atom. The van der Waals surface area contributed by atoms with Gasteiger partial charge in [0.1, 0.15) is 18.5 Å². The highest BCUT2D eigenvalue weighted by atomic mass is 79.9. The lowest BCUT2D eigenvalue weighted by molar-refractivity contribution is 0.214. The number of halogens is 1. The maximum absolute atomic E-state index is 10.4. The van der Waals surface area contributed by atoms with Crippen LogP contribution in [0.25, 0.3) is 10.9 Å². The highest BCUT2D eigenvalue weighted by Crippen LogP contribution is 2.37. The first-order valence-electron chi connectivity index (χ1n) is 7.00. The van der Waals surface area contributed by atoms with Gasteiger partial charge in [0, 0.05) is 15.4 Å². The normalized spacial score (nSPS) is 15.0. The monoisotopic (exact) mass is 369 g/mol. The van der Waals surface area contributed by atoms with Crippen molar-refractivity contribution in [2.45, 2.75) is 0 Å². The van der Waals surface area contributed by atoms with Crippen molar-refractivity contribution >= 4 is 43.9 Å². The van der Waals surface area contributed by atoms with Gasteiger partial charge in [0.2, 0.25) is 0 Å². The first kappa shape index (κ1) is 14.0. The Labute approximate surface area is 140 Å². The maximum Gasteiger partial charge on any atom is 0.199 e. The molecule has 1 aliphatic rings. The summed E-state index contributed by atoms with van der Waals surface area (Å²) in [7, 11) is 1.50. The van der Waals surface area contributed by atoms with E-state index in [4.69, 9.17) is 4.84 Å². The molecule has 0 spiro atoms. The number of benzene rings is 2. The standard InChI is InChI=1S/C17H12BrN3O2/c1-23-21-15-9-5-2-3-8-12(9)19-16(15)13-10-6-4-7-11(18)14(10)20-17(13)22/h2-8,20,22H,1H3. The van der Waals surface area contributed by atoms with Gasteiger partial charge in [-0.15, -0.1) is 0 Å². The predicted octanol–water partition coefficient (Wildman–Crippen LogP) is 4.12. The summed E-state index contributed by atoms with van der Waals surface area (Å²) >= 11 is 3.49. The molecular weight excluding hydrogens is 358 g/mol. The number of rotatable bonds is 2. The van der Waals surface area contributed by atoms with Crippen molar-refractivity contribution < 1.29 is 9.94 Å². The molecule has 23 heavy (non-hydrogen) atoms. The summed E-state index contributed by atoms with van der Waals surface area (Å²) in [5.41, 5.74) is 4.33. The van der Waals surface area contributed by atoms with E-state index in [-0.39, 0.29) is 5.88 Å². The minimum atomic E-state index is 0.0576. The Morgan fingerprint density at radius 1 is 1.17 bits per heavy atom. The number of para-hydroxylation sites is 2. The van der Waals surface area contributed by atoms with Gasteiger partial charge in [-0.3, -0.25) is 0 Å². The molecule has 0 unspecified atom stereocenters. The van der Waals surface area contributed by atoms with Crippen molar-refractivity contribution in [2.75, 3.05) is 7.11 Å².